The monoisotopic (exact) mass is 280 g/mol. The van der Waals surface area contributed by atoms with Crippen molar-refractivity contribution in [2.75, 3.05) is 18.0 Å². The Bertz CT molecular complexity index is 438. The summed E-state index contributed by atoms with van der Waals surface area (Å²) < 4.78 is 0. The van der Waals surface area contributed by atoms with E-state index in [0.29, 0.717) is 6.42 Å². The maximum atomic E-state index is 10.6. The average molecular weight is 280 g/mol. The number of aromatic nitrogens is 1. The molecule has 3 rings (SSSR count). The van der Waals surface area contributed by atoms with Gasteiger partial charge in [-0.1, -0.05) is 0 Å². The van der Waals surface area contributed by atoms with Crippen LogP contribution in [0.4, 0.5) is 5.13 Å². The van der Waals surface area contributed by atoms with Gasteiger partial charge in [0.1, 0.15) is 0 Å². The van der Waals surface area contributed by atoms with Crippen LogP contribution in [0.3, 0.4) is 0 Å². The van der Waals surface area contributed by atoms with E-state index in [0.717, 1.165) is 35.8 Å². The average Bonchev–Trinajstić information content (AvgIpc) is 3.29. The van der Waals surface area contributed by atoms with Gasteiger partial charge in [0, 0.05) is 24.9 Å². The van der Waals surface area contributed by atoms with E-state index < -0.39 is 5.97 Å². The number of carboxylic acid groups (broad SMARTS) is 1. The van der Waals surface area contributed by atoms with Crippen molar-refractivity contribution in [3.8, 4) is 0 Å². The molecule has 104 valence electrons. The normalized spacial score (nSPS) is 18.5. The van der Waals surface area contributed by atoms with Crippen molar-refractivity contribution >= 4 is 22.4 Å². The van der Waals surface area contributed by atoms with Gasteiger partial charge in [-0.2, -0.15) is 0 Å². The number of anilines is 1. The first kappa shape index (κ1) is 12.9. The fourth-order valence-electron chi connectivity index (χ4n) is 2.25. The Morgan fingerprint density at radius 1 is 1.32 bits per heavy atom. The van der Waals surface area contributed by atoms with Gasteiger partial charge in [-0.3, -0.25) is 4.79 Å². The van der Waals surface area contributed by atoms with Gasteiger partial charge in [-0.15, -0.1) is 11.3 Å². The van der Waals surface area contributed by atoms with Crippen LogP contribution in [0.2, 0.25) is 0 Å². The molecular weight excluding hydrogens is 260 g/mol. The first-order valence-electron chi connectivity index (χ1n) is 7.12. The summed E-state index contributed by atoms with van der Waals surface area (Å²) in [6.45, 7) is 2.28. The lowest BCUT2D eigenvalue weighted by Crippen LogP contribution is -2.27. The van der Waals surface area contributed by atoms with Crippen molar-refractivity contribution in [3.63, 3.8) is 0 Å². The molecule has 0 aliphatic heterocycles. The minimum absolute atomic E-state index is 0.175. The van der Waals surface area contributed by atoms with Crippen molar-refractivity contribution < 1.29 is 9.90 Å². The van der Waals surface area contributed by atoms with Gasteiger partial charge < -0.3 is 10.0 Å². The van der Waals surface area contributed by atoms with Crippen LogP contribution in [0.1, 0.15) is 37.8 Å². The highest BCUT2D eigenvalue weighted by Crippen LogP contribution is 2.36. The molecule has 1 aromatic rings. The van der Waals surface area contributed by atoms with Gasteiger partial charge in [0.05, 0.1) is 12.1 Å². The summed E-state index contributed by atoms with van der Waals surface area (Å²) >= 11 is 1.67. The molecule has 0 aromatic carbocycles. The van der Waals surface area contributed by atoms with Crippen molar-refractivity contribution in [2.24, 2.45) is 11.8 Å². The minimum atomic E-state index is -0.748. The van der Waals surface area contributed by atoms with E-state index in [2.05, 4.69) is 9.88 Å². The second kappa shape index (κ2) is 5.49. The van der Waals surface area contributed by atoms with Gasteiger partial charge in [-0.05, 0) is 37.5 Å². The number of aryl methyl sites for hydroxylation is 1. The molecule has 2 fully saturated rings. The third kappa shape index (κ3) is 3.93. The fourth-order valence-corrected chi connectivity index (χ4v) is 3.13. The highest BCUT2D eigenvalue weighted by atomic mass is 32.1. The zero-order valence-electron chi connectivity index (χ0n) is 11.0. The van der Waals surface area contributed by atoms with Crippen LogP contribution in [-0.2, 0) is 11.2 Å². The van der Waals surface area contributed by atoms with Crippen LogP contribution in [0, 0.1) is 11.8 Å². The van der Waals surface area contributed by atoms with Gasteiger partial charge in [0.25, 0.3) is 0 Å². The molecule has 1 heterocycles. The van der Waals surface area contributed by atoms with Crippen LogP contribution in [-0.4, -0.2) is 29.1 Å². The molecule has 2 aliphatic rings. The molecule has 2 saturated carbocycles. The summed E-state index contributed by atoms with van der Waals surface area (Å²) in [5.41, 5.74) is 0.930. The van der Waals surface area contributed by atoms with Gasteiger partial charge >= 0.3 is 5.97 Å². The number of nitrogens with zero attached hydrogens (tertiary/aromatic N) is 2. The first-order chi connectivity index (χ1) is 9.20. The number of hydrogen-bond acceptors (Lipinski definition) is 4. The summed E-state index contributed by atoms with van der Waals surface area (Å²) in [5, 5.41) is 11.8. The number of thiazole rings is 1. The Morgan fingerprint density at radius 3 is 2.47 bits per heavy atom. The maximum absolute atomic E-state index is 10.6. The molecule has 5 heteroatoms. The molecule has 4 nitrogen and oxygen atoms in total. The van der Waals surface area contributed by atoms with E-state index in [1.54, 1.807) is 11.3 Å². The zero-order valence-corrected chi connectivity index (χ0v) is 11.9. The van der Waals surface area contributed by atoms with E-state index in [1.807, 2.05) is 5.38 Å². The highest BCUT2D eigenvalue weighted by molar-refractivity contribution is 7.13. The Balaban J connectivity index is 1.61. The van der Waals surface area contributed by atoms with Gasteiger partial charge in [-0.25, -0.2) is 4.98 Å². The smallest absolute Gasteiger partial charge is 0.303 e. The quantitative estimate of drug-likeness (QED) is 0.795. The van der Waals surface area contributed by atoms with Crippen molar-refractivity contribution in [3.05, 3.63) is 11.1 Å². The summed E-state index contributed by atoms with van der Waals surface area (Å²) in [7, 11) is 0. The van der Waals surface area contributed by atoms with Crippen LogP contribution in [0.5, 0.6) is 0 Å². The van der Waals surface area contributed by atoms with E-state index >= 15 is 0 Å². The lowest BCUT2D eigenvalue weighted by molar-refractivity contribution is -0.136. The zero-order chi connectivity index (χ0) is 13.2. The minimum Gasteiger partial charge on any atom is -0.481 e. The Morgan fingerprint density at radius 2 is 1.95 bits per heavy atom. The number of rotatable bonds is 8. The highest BCUT2D eigenvalue weighted by Gasteiger charge is 2.30. The molecule has 0 unspecified atom stereocenters. The van der Waals surface area contributed by atoms with E-state index in [4.69, 9.17) is 5.11 Å². The van der Waals surface area contributed by atoms with E-state index in [-0.39, 0.29) is 6.42 Å². The molecule has 0 atom stereocenters. The predicted molar refractivity (Wildman–Crippen MR) is 75.7 cm³/mol. The topological polar surface area (TPSA) is 53.4 Å². The van der Waals surface area contributed by atoms with Crippen molar-refractivity contribution in [2.45, 2.75) is 38.5 Å². The van der Waals surface area contributed by atoms with E-state index in [1.165, 1.54) is 25.7 Å². The van der Waals surface area contributed by atoms with Crippen LogP contribution < -0.4 is 4.90 Å². The molecule has 0 spiro atoms. The summed E-state index contributed by atoms with van der Waals surface area (Å²) in [4.78, 5) is 17.6. The molecule has 1 N–H and O–H groups in total. The van der Waals surface area contributed by atoms with Crippen LogP contribution in [0.15, 0.2) is 5.38 Å². The Hall–Kier alpha value is -1.10. The second-order valence-electron chi connectivity index (χ2n) is 5.81. The molecule has 19 heavy (non-hydrogen) atoms. The van der Waals surface area contributed by atoms with Crippen LogP contribution in [0.25, 0.3) is 0 Å². The van der Waals surface area contributed by atoms with Gasteiger partial charge in [0.2, 0.25) is 0 Å². The molecule has 0 saturated heterocycles. The predicted octanol–water partition coefficient (Wildman–Crippen LogP) is 2.79. The number of aliphatic carboxylic acids is 1. The second-order valence-corrected chi connectivity index (χ2v) is 6.64. The Kier molecular flexibility index (Phi) is 3.73. The molecule has 2 aliphatic carbocycles. The number of carboxylic acids is 1. The number of carbonyl (C=O) groups is 1. The summed E-state index contributed by atoms with van der Waals surface area (Å²) in [6, 6.07) is 0. The lowest BCUT2D eigenvalue weighted by atomic mass is 10.2. The molecule has 0 bridgehead atoms. The molecule has 0 amide bonds. The summed E-state index contributed by atoms with van der Waals surface area (Å²) in [6.07, 6.45) is 6.16. The number of hydrogen-bond donors (Lipinski definition) is 1. The van der Waals surface area contributed by atoms with Gasteiger partial charge in [0.15, 0.2) is 5.13 Å². The summed E-state index contributed by atoms with van der Waals surface area (Å²) in [5.74, 6) is 0.984. The standard InChI is InChI=1S/C14H20N2O2S/c17-13(18)6-5-12-9-19-14(15-12)16(7-10-1-2-10)8-11-3-4-11/h9-11H,1-8H2,(H,17,18). The maximum Gasteiger partial charge on any atom is 0.303 e. The first-order valence-corrected chi connectivity index (χ1v) is 8.00. The third-order valence-electron chi connectivity index (χ3n) is 3.76. The fraction of sp³-hybridized carbons (Fsp3) is 0.714. The molecule has 1 aromatic heterocycles. The SMILES string of the molecule is O=C(O)CCc1csc(N(CC2CC2)CC2CC2)n1. The Labute approximate surface area is 117 Å². The van der Waals surface area contributed by atoms with Crippen molar-refractivity contribution in [1.82, 2.24) is 4.98 Å². The largest absolute Gasteiger partial charge is 0.481 e. The van der Waals surface area contributed by atoms with Crippen molar-refractivity contribution in [1.29, 1.82) is 0 Å². The molecule has 0 radical (unpaired) electrons. The molecular formula is C14H20N2O2S. The van der Waals surface area contributed by atoms with Crippen LogP contribution >= 0.6 is 11.3 Å². The lowest BCUT2D eigenvalue weighted by Gasteiger charge is -2.21. The van der Waals surface area contributed by atoms with E-state index in [9.17, 15) is 4.79 Å². The third-order valence-corrected chi connectivity index (χ3v) is 4.71.